The Labute approximate surface area is 373 Å². The highest BCUT2D eigenvalue weighted by molar-refractivity contribution is 7.15. The molecule has 6 aromatic rings. The van der Waals surface area contributed by atoms with Crippen LogP contribution < -0.4 is 20.3 Å². The highest BCUT2D eigenvalue weighted by Crippen LogP contribution is 2.40. The van der Waals surface area contributed by atoms with E-state index in [4.69, 9.17) is 31.0 Å². The number of nitriles is 1. The predicted molar refractivity (Wildman–Crippen MR) is 238 cm³/mol. The van der Waals surface area contributed by atoms with E-state index in [1.165, 1.54) is 10.4 Å². The van der Waals surface area contributed by atoms with Gasteiger partial charge >= 0.3 is 0 Å². The van der Waals surface area contributed by atoms with Gasteiger partial charge < -0.3 is 24.7 Å². The number of amides is 2. The molecule has 1 saturated carbocycles. The Morgan fingerprint density at radius 1 is 0.968 bits per heavy atom. The second kappa shape index (κ2) is 18.1. The number of rotatable bonds is 11. The summed E-state index contributed by atoms with van der Waals surface area (Å²) < 4.78 is 13.8. The summed E-state index contributed by atoms with van der Waals surface area (Å²) in [6.07, 6.45) is 8.19. The first-order chi connectivity index (χ1) is 30.6. The summed E-state index contributed by atoms with van der Waals surface area (Å²) in [7, 11) is 0. The molecule has 6 heterocycles. The van der Waals surface area contributed by atoms with E-state index in [0.717, 1.165) is 90.8 Å². The number of halogens is 1. The van der Waals surface area contributed by atoms with E-state index in [1.807, 2.05) is 6.92 Å². The maximum Gasteiger partial charge on any atom is 0.272 e. The maximum absolute atomic E-state index is 13.3. The lowest BCUT2D eigenvalue weighted by Crippen LogP contribution is -2.40. The summed E-state index contributed by atoms with van der Waals surface area (Å²) in [4.78, 5) is 39.5. The van der Waals surface area contributed by atoms with Crippen LogP contribution in [0.1, 0.15) is 105 Å². The Morgan fingerprint density at radius 3 is 2.46 bits per heavy atom. The molecule has 0 unspecified atom stereocenters. The third-order valence-electron chi connectivity index (χ3n) is 12.2. The predicted octanol–water partition coefficient (Wildman–Crippen LogP) is 7.34. The van der Waals surface area contributed by atoms with Crippen molar-refractivity contribution in [2.75, 3.05) is 18.0 Å². The van der Waals surface area contributed by atoms with E-state index in [0.29, 0.717) is 34.3 Å². The molecule has 15 nitrogen and oxygen atoms in total. The van der Waals surface area contributed by atoms with Gasteiger partial charge in [0, 0.05) is 52.8 Å². The number of nitrogens with one attached hydrogen (secondary N) is 2. The normalized spacial score (nSPS) is 18.7. The molecule has 0 radical (unpaired) electrons. The van der Waals surface area contributed by atoms with Gasteiger partial charge in [-0.3, -0.25) is 19.1 Å². The monoisotopic (exact) mass is 883 g/mol. The number of aromatic nitrogens is 6. The summed E-state index contributed by atoms with van der Waals surface area (Å²) in [5, 5.41) is 34.0. The van der Waals surface area contributed by atoms with Crippen molar-refractivity contribution in [3.8, 4) is 16.8 Å². The van der Waals surface area contributed by atoms with Crippen LogP contribution in [0.5, 0.6) is 5.75 Å². The van der Waals surface area contributed by atoms with Crippen LogP contribution in [0.4, 0.5) is 5.69 Å². The molecule has 322 valence electrons. The summed E-state index contributed by atoms with van der Waals surface area (Å²) in [5.41, 5.74) is 6.52. The minimum absolute atomic E-state index is 0.00175. The zero-order chi connectivity index (χ0) is 43.6. The molecule has 1 atom stereocenters. The molecule has 2 aliphatic heterocycles. The van der Waals surface area contributed by atoms with Crippen molar-refractivity contribution >= 4 is 46.2 Å². The molecule has 9 rings (SSSR count). The van der Waals surface area contributed by atoms with E-state index in [1.54, 1.807) is 54.1 Å². The molecule has 1 saturated heterocycles. The maximum atomic E-state index is 13.3. The highest BCUT2D eigenvalue weighted by atomic mass is 35.5. The van der Waals surface area contributed by atoms with Crippen LogP contribution in [-0.2, 0) is 17.8 Å². The van der Waals surface area contributed by atoms with Gasteiger partial charge in [0.15, 0.2) is 17.4 Å². The van der Waals surface area contributed by atoms with Crippen molar-refractivity contribution < 1.29 is 18.7 Å². The molecule has 1 aliphatic carbocycles. The van der Waals surface area contributed by atoms with Crippen LogP contribution in [0.15, 0.2) is 76.5 Å². The number of aliphatic imine (C=N–C) groups is 1. The fourth-order valence-electron chi connectivity index (χ4n) is 8.61. The Hall–Kier alpha value is -6.44. The number of benzene rings is 2. The Bertz CT molecular complexity index is 2690. The first-order valence-corrected chi connectivity index (χ1v) is 22.4. The number of carbonyl (C=O) groups excluding carboxylic acids is 2. The molecule has 2 aromatic carbocycles. The number of nitrogens with zero attached hydrogens (tertiary/aromatic N) is 9. The first kappa shape index (κ1) is 41.9. The van der Waals surface area contributed by atoms with Gasteiger partial charge in [-0.25, -0.2) is 4.98 Å². The summed E-state index contributed by atoms with van der Waals surface area (Å²) in [6, 6.07) is 18.7. The van der Waals surface area contributed by atoms with Gasteiger partial charge in [0.25, 0.3) is 5.91 Å². The number of piperidine rings is 1. The van der Waals surface area contributed by atoms with Gasteiger partial charge in [-0.05, 0) is 101 Å². The van der Waals surface area contributed by atoms with E-state index < -0.39 is 0 Å². The standard InChI is InChI=1S/C46H46ClN11O4S/c1-26-27(2)63-46-41(26)42(52-39(23-40-49-18-21-61-40)43-56-53-28(3)58(43)46)29-4-10-34(11-5-29)57-19-16-30(17-20-57)44(59)50-25-33-9-15-38(55-54-33)45(60)51-32-7-13-35(14-8-32)62-36-12-6-31(24-48)37(47)22-36/h4-6,9-12,15,18,21-22,30,32,35,39H,7-8,13-14,16-17,19-20,23,25H2,1-3H3,(H,50,59)(H,51,60)/t32?,35?,39-/m0/s1. The van der Waals surface area contributed by atoms with Gasteiger partial charge in [0.05, 0.1) is 47.3 Å². The minimum atomic E-state index is -0.338. The largest absolute Gasteiger partial charge is 0.490 e. The third kappa shape index (κ3) is 8.93. The van der Waals surface area contributed by atoms with Crippen LogP contribution >= 0.6 is 22.9 Å². The van der Waals surface area contributed by atoms with Crippen molar-refractivity contribution in [3.63, 3.8) is 0 Å². The van der Waals surface area contributed by atoms with Gasteiger partial charge in [-0.15, -0.1) is 26.6 Å². The Morgan fingerprint density at radius 2 is 1.76 bits per heavy atom. The van der Waals surface area contributed by atoms with Gasteiger partial charge in [0.1, 0.15) is 34.9 Å². The molecule has 2 amide bonds. The third-order valence-corrected chi connectivity index (χ3v) is 13.7. The number of anilines is 1. The fourth-order valence-corrected chi connectivity index (χ4v) is 10.0. The first-order valence-electron chi connectivity index (χ1n) is 21.2. The number of hydrogen-bond acceptors (Lipinski definition) is 13. The zero-order valence-corrected chi connectivity index (χ0v) is 36.7. The summed E-state index contributed by atoms with van der Waals surface area (Å²) in [6.45, 7) is 8.00. The van der Waals surface area contributed by atoms with E-state index >= 15 is 0 Å². The molecule has 17 heteroatoms. The number of oxazole rings is 1. The quantitative estimate of drug-likeness (QED) is 0.132. The molecule has 0 spiro atoms. The second-order valence-electron chi connectivity index (χ2n) is 16.3. The lowest BCUT2D eigenvalue weighted by atomic mass is 9.93. The van der Waals surface area contributed by atoms with Crippen LogP contribution in [0.25, 0.3) is 5.00 Å². The van der Waals surface area contributed by atoms with Gasteiger partial charge in [0.2, 0.25) is 5.91 Å². The van der Waals surface area contributed by atoms with Crippen LogP contribution in [0, 0.1) is 38.0 Å². The van der Waals surface area contributed by atoms with Crippen molar-refractivity contribution in [1.82, 2.24) is 40.6 Å². The molecule has 2 fully saturated rings. The van der Waals surface area contributed by atoms with Crippen molar-refractivity contribution in [2.24, 2.45) is 10.9 Å². The lowest BCUT2D eigenvalue weighted by Gasteiger charge is -2.33. The fraction of sp³-hybridized carbons (Fsp3) is 0.370. The average Bonchev–Trinajstić information content (AvgIpc) is 4.01. The molecule has 2 N–H and O–H groups in total. The van der Waals surface area contributed by atoms with Gasteiger partial charge in [-0.1, -0.05) is 23.7 Å². The zero-order valence-electron chi connectivity index (χ0n) is 35.2. The number of ether oxygens (including phenoxy) is 1. The van der Waals surface area contributed by atoms with Crippen molar-refractivity contribution in [2.45, 2.75) is 90.4 Å². The number of carbonyl (C=O) groups is 2. The van der Waals surface area contributed by atoms with Crippen LogP contribution in [0.3, 0.4) is 0 Å². The molecular formula is C46H46ClN11O4S. The van der Waals surface area contributed by atoms with Crippen LogP contribution in [-0.4, -0.2) is 72.7 Å². The molecular weight excluding hydrogens is 838 g/mol. The van der Waals surface area contributed by atoms with Crippen LogP contribution in [0.2, 0.25) is 5.02 Å². The molecule has 3 aliphatic rings. The number of thiophene rings is 1. The average molecular weight is 884 g/mol. The summed E-state index contributed by atoms with van der Waals surface area (Å²) in [5.74, 6) is 2.39. The number of fused-ring (bicyclic) bond motifs is 3. The van der Waals surface area contributed by atoms with E-state index in [-0.39, 0.29) is 48.2 Å². The number of aryl methyl sites for hydroxylation is 2. The minimum Gasteiger partial charge on any atom is -0.490 e. The van der Waals surface area contributed by atoms with E-state index in [2.05, 4.69) is 89.7 Å². The Balaban J connectivity index is 0.759. The molecule has 0 bridgehead atoms. The lowest BCUT2D eigenvalue weighted by molar-refractivity contribution is -0.125. The Kier molecular flexibility index (Phi) is 12.0. The highest BCUT2D eigenvalue weighted by Gasteiger charge is 2.33. The van der Waals surface area contributed by atoms with Gasteiger partial charge in [-0.2, -0.15) is 10.4 Å². The SMILES string of the molecule is Cc1sc2c(c1C)C(c1ccc(N3CCC(C(=O)NCc4ccc(C(=O)NC5CCC(Oc6ccc(C#N)c(Cl)c6)CC5)nn4)CC3)cc1)=N[C@@H](Cc1ncco1)c1nnc(C)n1-2. The second-order valence-corrected chi connectivity index (χ2v) is 17.9. The van der Waals surface area contributed by atoms with Crippen molar-refractivity contribution in [3.05, 3.63) is 128 Å². The smallest absolute Gasteiger partial charge is 0.272 e. The molecule has 63 heavy (non-hydrogen) atoms. The topological polar surface area (TPSA) is 189 Å². The van der Waals surface area contributed by atoms with E-state index in [9.17, 15) is 9.59 Å². The summed E-state index contributed by atoms with van der Waals surface area (Å²) >= 11 is 7.88. The van der Waals surface area contributed by atoms with Crippen molar-refractivity contribution in [1.29, 1.82) is 5.26 Å². The number of hydrogen-bond donors (Lipinski definition) is 2. The molecule has 4 aromatic heterocycles.